The van der Waals surface area contributed by atoms with Crippen molar-refractivity contribution in [3.8, 4) is 5.75 Å². The van der Waals surface area contributed by atoms with Crippen molar-refractivity contribution in [1.29, 1.82) is 0 Å². The van der Waals surface area contributed by atoms with E-state index in [1.165, 1.54) is 4.90 Å². The van der Waals surface area contributed by atoms with Gasteiger partial charge in [0.15, 0.2) is 0 Å². The summed E-state index contributed by atoms with van der Waals surface area (Å²) in [6, 6.07) is 18.0. The molecule has 2 rings (SSSR count). The van der Waals surface area contributed by atoms with E-state index in [0.717, 1.165) is 30.2 Å². The Morgan fingerprint density at radius 1 is 1.00 bits per heavy atom. The first-order chi connectivity index (χ1) is 8.84. The van der Waals surface area contributed by atoms with Gasteiger partial charge in [0.2, 0.25) is 0 Å². The maximum atomic E-state index is 5.68. The zero-order valence-electron chi connectivity index (χ0n) is 10.2. The number of hydrogen-bond acceptors (Lipinski definition) is 3. The first kappa shape index (κ1) is 12.8. The molecule has 0 aliphatic heterocycles. The van der Waals surface area contributed by atoms with E-state index in [1.807, 2.05) is 42.1 Å². The van der Waals surface area contributed by atoms with Gasteiger partial charge in [0, 0.05) is 22.4 Å². The van der Waals surface area contributed by atoms with E-state index in [2.05, 4.69) is 24.3 Å². The Morgan fingerprint density at radius 2 is 1.83 bits per heavy atom. The van der Waals surface area contributed by atoms with Crippen molar-refractivity contribution >= 4 is 17.4 Å². The molecule has 0 radical (unpaired) electrons. The van der Waals surface area contributed by atoms with Crippen LogP contribution in [0.5, 0.6) is 5.75 Å². The lowest BCUT2D eigenvalue weighted by Gasteiger charge is -2.06. The molecule has 0 heterocycles. The fourth-order valence-corrected chi connectivity index (χ4v) is 2.41. The zero-order chi connectivity index (χ0) is 12.6. The predicted molar refractivity (Wildman–Crippen MR) is 78.1 cm³/mol. The predicted octanol–water partition coefficient (Wildman–Crippen LogP) is 3.83. The van der Waals surface area contributed by atoms with Gasteiger partial charge < -0.3 is 10.5 Å². The number of hydrogen-bond donors (Lipinski definition) is 1. The van der Waals surface area contributed by atoms with Crippen LogP contribution in [0.1, 0.15) is 6.42 Å². The fourth-order valence-electron chi connectivity index (χ4n) is 1.56. The van der Waals surface area contributed by atoms with Crippen LogP contribution in [0.15, 0.2) is 59.5 Å². The van der Waals surface area contributed by atoms with Gasteiger partial charge in [-0.2, -0.15) is 0 Å². The summed E-state index contributed by atoms with van der Waals surface area (Å²) in [6.45, 7) is 0.725. The smallest absolute Gasteiger partial charge is 0.121 e. The molecule has 0 fully saturated rings. The number of benzene rings is 2. The molecule has 2 nitrogen and oxygen atoms in total. The molecule has 3 heteroatoms. The van der Waals surface area contributed by atoms with Crippen LogP contribution >= 0.6 is 11.8 Å². The van der Waals surface area contributed by atoms with E-state index < -0.39 is 0 Å². The second-order valence-electron chi connectivity index (χ2n) is 3.94. The van der Waals surface area contributed by atoms with Crippen molar-refractivity contribution in [3.63, 3.8) is 0 Å². The average molecular weight is 259 g/mol. The molecule has 0 amide bonds. The molecule has 2 aromatic rings. The Morgan fingerprint density at radius 3 is 2.61 bits per heavy atom. The second kappa shape index (κ2) is 6.97. The lowest BCUT2D eigenvalue weighted by Crippen LogP contribution is -1.99. The zero-order valence-corrected chi connectivity index (χ0v) is 11.0. The summed E-state index contributed by atoms with van der Waals surface area (Å²) in [5, 5.41) is 0. The first-order valence-corrected chi connectivity index (χ1v) is 6.99. The molecule has 0 aliphatic rings. The Hall–Kier alpha value is -1.61. The molecule has 0 unspecified atom stereocenters. The Labute approximate surface area is 112 Å². The number of rotatable bonds is 6. The van der Waals surface area contributed by atoms with E-state index in [0.29, 0.717) is 0 Å². The van der Waals surface area contributed by atoms with Gasteiger partial charge in [-0.15, -0.1) is 11.8 Å². The number of thioether (sulfide) groups is 1. The number of nitrogen functional groups attached to an aromatic ring is 1. The van der Waals surface area contributed by atoms with Gasteiger partial charge in [0.25, 0.3) is 0 Å². The summed E-state index contributed by atoms with van der Waals surface area (Å²) in [7, 11) is 0. The van der Waals surface area contributed by atoms with Crippen LogP contribution in [-0.4, -0.2) is 12.4 Å². The standard InChI is InChI=1S/C15H17NOS/c16-13-6-4-7-14(12-13)17-10-5-11-18-15-8-2-1-3-9-15/h1-4,6-9,12H,5,10-11,16H2. The summed E-state index contributed by atoms with van der Waals surface area (Å²) in [6.07, 6.45) is 1.02. The fraction of sp³-hybridized carbons (Fsp3) is 0.200. The molecular formula is C15H17NOS. The topological polar surface area (TPSA) is 35.2 Å². The Bertz CT molecular complexity index is 473. The number of ether oxygens (including phenoxy) is 1. The molecule has 0 bridgehead atoms. The maximum Gasteiger partial charge on any atom is 0.121 e. The van der Waals surface area contributed by atoms with Crippen molar-refractivity contribution in [2.24, 2.45) is 0 Å². The van der Waals surface area contributed by atoms with Crippen molar-refractivity contribution in [1.82, 2.24) is 0 Å². The quantitative estimate of drug-likeness (QED) is 0.486. The summed E-state index contributed by atoms with van der Waals surface area (Å²) in [4.78, 5) is 1.31. The van der Waals surface area contributed by atoms with E-state index in [-0.39, 0.29) is 0 Å². The van der Waals surface area contributed by atoms with Gasteiger partial charge >= 0.3 is 0 Å². The highest BCUT2D eigenvalue weighted by Crippen LogP contribution is 2.18. The minimum absolute atomic E-state index is 0.725. The van der Waals surface area contributed by atoms with Crippen molar-refractivity contribution in [3.05, 3.63) is 54.6 Å². The van der Waals surface area contributed by atoms with Gasteiger partial charge in [-0.05, 0) is 30.7 Å². The number of anilines is 1. The molecule has 0 saturated carbocycles. The summed E-state index contributed by atoms with van der Waals surface area (Å²) < 4.78 is 5.63. The van der Waals surface area contributed by atoms with Crippen molar-refractivity contribution in [2.45, 2.75) is 11.3 Å². The highest BCUT2D eigenvalue weighted by molar-refractivity contribution is 7.99. The molecule has 0 saturated heterocycles. The third-order valence-corrected chi connectivity index (χ3v) is 3.53. The molecular weight excluding hydrogens is 242 g/mol. The molecule has 0 spiro atoms. The van der Waals surface area contributed by atoms with Crippen LogP contribution in [0.4, 0.5) is 5.69 Å². The minimum Gasteiger partial charge on any atom is -0.493 e. The van der Waals surface area contributed by atoms with E-state index in [9.17, 15) is 0 Å². The van der Waals surface area contributed by atoms with Gasteiger partial charge in [-0.25, -0.2) is 0 Å². The van der Waals surface area contributed by atoms with Crippen LogP contribution in [0.2, 0.25) is 0 Å². The van der Waals surface area contributed by atoms with Crippen LogP contribution in [0, 0.1) is 0 Å². The highest BCUT2D eigenvalue weighted by Gasteiger charge is 1.96. The normalized spacial score (nSPS) is 10.2. The molecule has 18 heavy (non-hydrogen) atoms. The third kappa shape index (κ3) is 4.34. The molecule has 94 valence electrons. The van der Waals surface area contributed by atoms with Crippen LogP contribution in [0.25, 0.3) is 0 Å². The minimum atomic E-state index is 0.725. The third-order valence-electron chi connectivity index (χ3n) is 2.43. The second-order valence-corrected chi connectivity index (χ2v) is 5.10. The molecule has 2 N–H and O–H groups in total. The van der Waals surface area contributed by atoms with E-state index >= 15 is 0 Å². The van der Waals surface area contributed by atoms with Gasteiger partial charge in [0.1, 0.15) is 5.75 Å². The highest BCUT2D eigenvalue weighted by atomic mass is 32.2. The van der Waals surface area contributed by atoms with Crippen LogP contribution in [-0.2, 0) is 0 Å². The molecule has 0 atom stereocenters. The molecule has 0 aromatic heterocycles. The Kier molecular flexibility index (Phi) is 4.97. The van der Waals surface area contributed by atoms with Crippen molar-refractivity contribution < 1.29 is 4.74 Å². The summed E-state index contributed by atoms with van der Waals surface area (Å²) in [5.74, 6) is 1.91. The summed E-state index contributed by atoms with van der Waals surface area (Å²) in [5.41, 5.74) is 6.42. The lowest BCUT2D eigenvalue weighted by molar-refractivity contribution is 0.319. The van der Waals surface area contributed by atoms with Gasteiger partial charge in [-0.1, -0.05) is 24.3 Å². The van der Waals surface area contributed by atoms with Crippen LogP contribution < -0.4 is 10.5 Å². The lowest BCUT2D eigenvalue weighted by atomic mass is 10.3. The van der Waals surface area contributed by atoms with E-state index in [1.54, 1.807) is 0 Å². The number of nitrogens with two attached hydrogens (primary N) is 1. The van der Waals surface area contributed by atoms with Crippen LogP contribution in [0.3, 0.4) is 0 Å². The van der Waals surface area contributed by atoms with Gasteiger partial charge in [0.05, 0.1) is 6.61 Å². The largest absolute Gasteiger partial charge is 0.493 e. The maximum absolute atomic E-state index is 5.68. The molecule has 0 aliphatic carbocycles. The summed E-state index contributed by atoms with van der Waals surface area (Å²) >= 11 is 1.85. The first-order valence-electron chi connectivity index (χ1n) is 6.01. The monoisotopic (exact) mass is 259 g/mol. The Balaban J connectivity index is 1.65. The SMILES string of the molecule is Nc1cccc(OCCCSc2ccccc2)c1. The average Bonchev–Trinajstić information content (AvgIpc) is 2.40. The van der Waals surface area contributed by atoms with Crippen molar-refractivity contribution in [2.75, 3.05) is 18.1 Å². The van der Waals surface area contributed by atoms with Gasteiger partial charge in [-0.3, -0.25) is 0 Å². The molecule has 2 aromatic carbocycles. The van der Waals surface area contributed by atoms with E-state index in [4.69, 9.17) is 10.5 Å².